The van der Waals surface area contributed by atoms with Crippen molar-refractivity contribution in [1.82, 2.24) is 0 Å². The summed E-state index contributed by atoms with van der Waals surface area (Å²) in [5.41, 5.74) is -1.86. The number of hydrogen-bond acceptors (Lipinski definition) is 6. The molecule has 118 valence electrons. The van der Waals surface area contributed by atoms with E-state index in [1.165, 1.54) is 0 Å². The third-order valence-corrected chi connectivity index (χ3v) is 6.59. The van der Waals surface area contributed by atoms with Gasteiger partial charge in [-0.05, 0) is 13.3 Å². The van der Waals surface area contributed by atoms with Crippen molar-refractivity contribution < 1.29 is 29.9 Å². The van der Waals surface area contributed by atoms with Crippen molar-refractivity contribution in [3.05, 3.63) is 11.6 Å². The smallest absolute Gasteiger partial charge is 0.129 e. The highest BCUT2D eigenvalue weighted by Crippen LogP contribution is 2.71. The van der Waals surface area contributed by atoms with Gasteiger partial charge in [-0.2, -0.15) is 0 Å². The zero-order valence-electron chi connectivity index (χ0n) is 12.2. The number of aliphatic hydroxyl groups is 4. The van der Waals surface area contributed by atoms with Crippen LogP contribution in [0.1, 0.15) is 20.3 Å². The summed E-state index contributed by atoms with van der Waals surface area (Å²) in [5, 5.41) is 42.0. The van der Waals surface area contributed by atoms with E-state index < -0.39 is 47.0 Å². The molecule has 6 heteroatoms. The second kappa shape index (κ2) is 3.88. The van der Waals surface area contributed by atoms with Crippen LogP contribution in [0.2, 0.25) is 0 Å². The second-order valence-electron chi connectivity index (χ2n) is 7.22. The monoisotopic (exact) mass is 298 g/mol. The molecular weight excluding hydrogens is 276 g/mol. The molecule has 3 fully saturated rings. The van der Waals surface area contributed by atoms with E-state index in [2.05, 4.69) is 0 Å². The maximum Gasteiger partial charge on any atom is 0.129 e. The van der Waals surface area contributed by atoms with E-state index in [0.717, 1.165) is 5.57 Å². The standard InChI is InChI=1S/C15H22O6/c1-7-3-8(17)14(5-16)9(4-7)21-12-10(18)11(19)13(14,2)15(12)6-20-15/h4,8-12,16-19H,3,5-6H2,1-2H3/t8-,9?,10?,11?,12?,13-,14+,15-/m1/s1. The third-order valence-electron chi connectivity index (χ3n) is 6.59. The molecule has 2 bridgehead atoms. The summed E-state index contributed by atoms with van der Waals surface area (Å²) in [4.78, 5) is 0. The Balaban J connectivity index is 1.95. The molecule has 2 saturated heterocycles. The molecule has 4 unspecified atom stereocenters. The predicted molar refractivity (Wildman–Crippen MR) is 71.4 cm³/mol. The molecule has 4 rings (SSSR count). The van der Waals surface area contributed by atoms with Gasteiger partial charge >= 0.3 is 0 Å². The van der Waals surface area contributed by atoms with Crippen molar-refractivity contribution in [2.45, 2.75) is 56.4 Å². The molecule has 0 radical (unpaired) electrons. The first-order valence-corrected chi connectivity index (χ1v) is 7.47. The average molecular weight is 298 g/mol. The number of ether oxygens (including phenoxy) is 2. The summed E-state index contributed by atoms with van der Waals surface area (Å²) >= 11 is 0. The van der Waals surface area contributed by atoms with Gasteiger partial charge in [0.2, 0.25) is 0 Å². The van der Waals surface area contributed by atoms with Crippen molar-refractivity contribution in [2.75, 3.05) is 13.2 Å². The summed E-state index contributed by atoms with van der Waals surface area (Å²) in [7, 11) is 0. The van der Waals surface area contributed by atoms with Crippen molar-refractivity contribution >= 4 is 0 Å². The molecule has 6 nitrogen and oxygen atoms in total. The lowest BCUT2D eigenvalue weighted by molar-refractivity contribution is -0.258. The Morgan fingerprint density at radius 2 is 2.00 bits per heavy atom. The highest BCUT2D eigenvalue weighted by Gasteiger charge is 2.85. The molecule has 0 amide bonds. The van der Waals surface area contributed by atoms with Gasteiger partial charge in [-0.25, -0.2) is 0 Å². The fourth-order valence-electron chi connectivity index (χ4n) is 5.20. The summed E-state index contributed by atoms with van der Waals surface area (Å²) in [6.45, 7) is 3.74. The fourth-order valence-corrected chi connectivity index (χ4v) is 5.20. The first-order chi connectivity index (χ1) is 9.85. The molecule has 4 N–H and O–H groups in total. The number of aliphatic hydroxyl groups excluding tert-OH is 4. The van der Waals surface area contributed by atoms with Gasteiger partial charge in [-0.15, -0.1) is 0 Å². The van der Waals surface area contributed by atoms with Gasteiger partial charge in [0.05, 0.1) is 36.9 Å². The molecule has 1 saturated carbocycles. The maximum absolute atomic E-state index is 10.7. The first-order valence-electron chi connectivity index (χ1n) is 7.47. The highest BCUT2D eigenvalue weighted by atomic mass is 16.6. The van der Waals surface area contributed by atoms with Gasteiger partial charge < -0.3 is 29.9 Å². The van der Waals surface area contributed by atoms with Gasteiger partial charge in [-0.3, -0.25) is 0 Å². The van der Waals surface area contributed by atoms with Crippen molar-refractivity contribution in [2.24, 2.45) is 10.8 Å². The lowest BCUT2D eigenvalue weighted by Crippen LogP contribution is -2.70. The Morgan fingerprint density at radius 1 is 1.33 bits per heavy atom. The van der Waals surface area contributed by atoms with Crippen LogP contribution >= 0.6 is 0 Å². The van der Waals surface area contributed by atoms with E-state index in [1.54, 1.807) is 6.92 Å². The van der Waals surface area contributed by atoms with E-state index in [1.807, 2.05) is 13.0 Å². The molecule has 0 aromatic rings. The van der Waals surface area contributed by atoms with Crippen LogP contribution in [0.3, 0.4) is 0 Å². The highest BCUT2D eigenvalue weighted by molar-refractivity contribution is 5.36. The Hall–Kier alpha value is -0.500. The van der Waals surface area contributed by atoms with Crippen LogP contribution in [0.4, 0.5) is 0 Å². The normalized spacial score (nSPS) is 61.6. The van der Waals surface area contributed by atoms with Crippen LogP contribution in [-0.4, -0.2) is 69.8 Å². The van der Waals surface area contributed by atoms with E-state index in [-0.39, 0.29) is 6.61 Å². The number of rotatable bonds is 1. The Bertz CT molecular complexity index is 514. The lowest BCUT2D eigenvalue weighted by atomic mass is 9.50. The minimum absolute atomic E-state index is 0.333. The molecule has 21 heavy (non-hydrogen) atoms. The molecular formula is C15H22O6. The zero-order valence-corrected chi connectivity index (χ0v) is 12.2. The van der Waals surface area contributed by atoms with Crippen molar-refractivity contribution in [3.63, 3.8) is 0 Å². The minimum atomic E-state index is -1.11. The molecule has 0 aromatic heterocycles. The molecule has 2 heterocycles. The van der Waals surface area contributed by atoms with E-state index in [0.29, 0.717) is 13.0 Å². The summed E-state index contributed by atoms with van der Waals surface area (Å²) in [6.07, 6.45) is -1.90. The van der Waals surface area contributed by atoms with Crippen LogP contribution in [0, 0.1) is 10.8 Å². The summed E-state index contributed by atoms with van der Waals surface area (Å²) < 4.78 is 11.6. The largest absolute Gasteiger partial charge is 0.396 e. The van der Waals surface area contributed by atoms with Gasteiger partial charge in [0.1, 0.15) is 17.8 Å². The van der Waals surface area contributed by atoms with Crippen LogP contribution < -0.4 is 0 Å². The number of hydrogen-bond donors (Lipinski definition) is 4. The lowest BCUT2D eigenvalue weighted by Gasteiger charge is -2.59. The van der Waals surface area contributed by atoms with Gasteiger partial charge in [0.25, 0.3) is 0 Å². The Kier molecular flexibility index (Phi) is 2.60. The van der Waals surface area contributed by atoms with E-state index >= 15 is 0 Å². The number of fused-ring (bicyclic) bond motifs is 2. The molecule has 8 atom stereocenters. The molecule has 2 aliphatic heterocycles. The SMILES string of the molecule is CC1=CC2OC3C(O)C(O)[C@@](C)([C@@]34CO4)[C@@]2(CO)[C@H](O)C1. The average Bonchev–Trinajstić information content (AvgIpc) is 3.21. The van der Waals surface area contributed by atoms with Crippen LogP contribution in [0.5, 0.6) is 0 Å². The van der Waals surface area contributed by atoms with Gasteiger partial charge in [-0.1, -0.05) is 18.6 Å². The van der Waals surface area contributed by atoms with Gasteiger partial charge in [0, 0.05) is 5.41 Å². The minimum Gasteiger partial charge on any atom is -0.396 e. The van der Waals surface area contributed by atoms with E-state index in [4.69, 9.17) is 9.47 Å². The molecule has 2 aliphatic carbocycles. The van der Waals surface area contributed by atoms with Crippen molar-refractivity contribution in [1.29, 1.82) is 0 Å². The van der Waals surface area contributed by atoms with E-state index in [9.17, 15) is 20.4 Å². The Labute approximate surface area is 123 Å². The zero-order chi connectivity index (χ0) is 15.2. The summed E-state index contributed by atoms with van der Waals surface area (Å²) in [5.74, 6) is 0. The molecule has 4 aliphatic rings. The fraction of sp³-hybridized carbons (Fsp3) is 0.867. The first kappa shape index (κ1) is 14.1. The van der Waals surface area contributed by atoms with Crippen LogP contribution in [0.15, 0.2) is 11.6 Å². The maximum atomic E-state index is 10.7. The topological polar surface area (TPSA) is 103 Å². The van der Waals surface area contributed by atoms with Crippen LogP contribution in [-0.2, 0) is 9.47 Å². The molecule has 0 aromatic carbocycles. The number of epoxide rings is 1. The summed E-state index contributed by atoms with van der Waals surface area (Å²) in [6, 6.07) is 0. The quantitative estimate of drug-likeness (QED) is 0.364. The van der Waals surface area contributed by atoms with Crippen molar-refractivity contribution in [3.8, 4) is 0 Å². The second-order valence-corrected chi connectivity index (χ2v) is 7.22. The molecule has 1 spiro atoms. The van der Waals surface area contributed by atoms with Gasteiger partial charge in [0.15, 0.2) is 0 Å². The van der Waals surface area contributed by atoms with Crippen LogP contribution in [0.25, 0.3) is 0 Å². The predicted octanol–water partition coefficient (Wildman–Crippen LogP) is -1.05. The Morgan fingerprint density at radius 3 is 2.57 bits per heavy atom. The third kappa shape index (κ3) is 1.24.